The molecule has 3 atom stereocenters. The summed E-state index contributed by atoms with van der Waals surface area (Å²) >= 11 is 0. The number of nitrogens with zero attached hydrogens (tertiary/aromatic N) is 1. The van der Waals surface area contributed by atoms with Gasteiger partial charge < -0.3 is 19.2 Å². The van der Waals surface area contributed by atoms with Crippen LogP contribution in [0.3, 0.4) is 0 Å². The zero-order chi connectivity index (χ0) is 19.2. The highest BCUT2D eigenvalue weighted by molar-refractivity contribution is 5.70. The highest BCUT2D eigenvalue weighted by Crippen LogP contribution is 2.27. The van der Waals surface area contributed by atoms with Gasteiger partial charge in [0.2, 0.25) is 0 Å². The van der Waals surface area contributed by atoms with Gasteiger partial charge in [-0.1, -0.05) is 50.6 Å². The van der Waals surface area contributed by atoms with E-state index in [0.29, 0.717) is 18.9 Å². The van der Waals surface area contributed by atoms with Gasteiger partial charge in [0.05, 0.1) is 6.04 Å². The van der Waals surface area contributed by atoms with Crippen molar-refractivity contribution >= 4 is 6.09 Å². The second kappa shape index (κ2) is 9.09. The number of hydrogen-bond acceptors (Lipinski definition) is 4. The smallest absolute Gasteiger partial charge is 0.410 e. The van der Waals surface area contributed by atoms with E-state index in [1.807, 2.05) is 37.3 Å². The van der Waals surface area contributed by atoms with Crippen LogP contribution in [0.1, 0.15) is 49.9 Å². The van der Waals surface area contributed by atoms with E-state index in [-0.39, 0.29) is 18.1 Å². The van der Waals surface area contributed by atoms with Gasteiger partial charge in [0.25, 0.3) is 0 Å². The van der Waals surface area contributed by atoms with Crippen molar-refractivity contribution in [3.63, 3.8) is 0 Å². The Bertz CT molecular complexity index is 727. The molecule has 27 heavy (non-hydrogen) atoms. The van der Waals surface area contributed by atoms with Gasteiger partial charge in [-0.2, -0.15) is 0 Å². The van der Waals surface area contributed by atoms with E-state index in [4.69, 9.17) is 9.15 Å². The van der Waals surface area contributed by atoms with Gasteiger partial charge in [-0.25, -0.2) is 4.79 Å². The first-order valence-corrected chi connectivity index (χ1v) is 9.82. The highest BCUT2D eigenvalue weighted by Gasteiger charge is 2.35. The van der Waals surface area contributed by atoms with Crippen molar-refractivity contribution in [3.8, 4) is 0 Å². The quantitative estimate of drug-likeness (QED) is 0.711. The zero-order valence-electron chi connectivity index (χ0n) is 16.1. The third-order valence-electron chi connectivity index (χ3n) is 5.16. The molecule has 1 aliphatic heterocycles. The lowest BCUT2D eigenvalue weighted by Crippen LogP contribution is -2.39. The first-order valence-electron chi connectivity index (χ1n) is 9.82. The fraction of sp³-hybridized carbons (Fsp3) is 0.500. The number of carbonyl (C=O) groups excluding carboxylic acids is 1. The summed E-state index contributed by atoms with van der Waals surface area (Å²) in [6.07, 6.45) is 2.75. The lowest BCUT2D eigenvalue weighted by molar-refractivity contribution is 0.0714. The van der Waals surface area contributed by atoms with E-state index in [1.165, 1.54) is 5.56 Å². The number of hydrogen-bond donors (Lipinski definition) is 1. The number of aliphatic hydroxyl groups excluding tert-OH is 1. The molecule has 1 fully saturated rings. The van der Waals surface area contributed by atoms with Gasteiger partial charge >= 0.3 is 6.09 Å². The van der Waals surface area contributed by atoms with Gasteiger partial charge in [0.15, 0.2) is 0 Å². The summed E-state index contributed by atoms with van der Waals surface area (Å²) in [5, 5.41) is 10.7. The van der Waals surface area contributed by atoms with Crippen LogP contribution in [0.5, 0.6) is 0 Å². The summed E-state index contributed by atoms with van der Waals surface area (Å²) in [6, 6.07) is 13.9. The van der Waals surface area contributed by atoms with Crippen molar-refractivity contribution in [2.75, 3.05) is 13.2 Å². The second-order valence-corrected chi connectivity index (χ2v) is 7.40. The zero-order valence-corrected chi connectivity index (χ0v) is 16.1. The van der Waals surface area contributed by atoms with E-state index in [9.17, 15) is 9.90 Å². The number of benzene rings is 1. The first-order chi connectivity index (χ1) is 13.1. The predicted molar refractivity (Wildman–Crippen MR) is 103 cm³/mol. The number of rotatable bonds is 9. The third kappa shape index (κ3) is 4.92. The molecule has 1 aromatic carbocycles. The Hall–Kier alpha value is -2.27. The molecular weight excluding hydrogens is 342 g/mol. The summed E-state index contributed by atoms with van der Waals surface area (Å²) in [5.41, 5.74) is 1.17. The molecule has 5 heteroatoms. The fourth-order valence-electron chi connectivity index (χ4n) is 3.50. The Morgan fingerprint density at radius 1 is 1.22 bits per heavy atom. The molecule has 1 aliphatic rings. The number of cyclic esters (lactones) is 1. The minimum absolute atomic E-state index is 0.00809. The van der Waals surface area contributed by atoms with Gasteiger partial charge in [-0.05, 0) is 30.5 Å². The Morgan fingerprint density at radius 3 is 2.74 bits per heavy atom. The molecule has 0 spiro atoms. The van der Waals surface area contributed by atoms with E-state index in [0.717, 1.165) is 31.4 Å². The Kier molecular flexibility index (Phi) is 6.56. The minimum Gasteiger partial charge on any atom is -0.463 e. The molecule has 0 aliphatic carbocycles. The molecule has 5 nitrogen and oxygen atoms in total. The molecular formula is C22H29NO4. The number of carbonyl (C=O) groups is 1. The first kappa shape index (κ1) is 19.5. The maximum atomic E-state index is 12.2. The summed E-state index contributed by atoms with van der Waals surface area (Å²) in [6.45, 7) is 4.90. The van der Waals surface area contributed by atoms with Crippen molar-refractivity contribution in [2.24, 2.45) is 5.92 Å². The molecule has 0 unspecified atom stereocenters. The molecule has 1 amide bonds. The SMILES string of the molecule is CCCCc1ccc([C@@H](O)[C@H](C)CN2C(=O)OC[C@@H]2Cc2ccccc2)o1. The molecule has 0 bridgehead atoms. The van der Waals surface area contributed by atoms with Crippen molar-refractivity contribution in [3.05, 3.63) is 59.5 Å². The standard InChI is InChI=1S/C22H29NO4/c1-3-4-10-19-11-12-20(27-19)21(24)16(2)14-23-18(15-26-22(23)25)13-17-8-6-5-7-9-17/h5-9,11-12,16,18,21,24H,3-4,10,13-15H2,1-2H3/t16-,18+,21+/m1/s1. The third-order valence-corrected chi connectivity index (χ3v) is 5.16. The minimum atomic E-state index is -0.744. The summed E-state index contributed by atoms with van der Waals surface area (Å²) in [4.78, 5) is 13.9. The molecule has 2 heterocycles. The maximum absolute atomic E-state index is 12.2. The molecule has 0 saturated carbocycles. The van der Waals surface area contributed by atoms with Crippen LogP contribution >= 0.6 is 0 Å². The van der Waals surface area contributed by atoms with E-state index in [2.05, 4.69) is 19.1 Å². The van der Waals surface area contributed by atoms with Gasteiger partial charge in [0, 0.05) is 18.9 Å². The molecule has 2 aromatic rings. The number of aryl methyl sites for hydroxylation is 1. The normalized spacial score (nSPS) is 19.1. The lowest BCUT2D eigenvalue weighted by Gasteiger charge is -2.26. The maximum Gasteiger partial charge on any atom is 0.410 e. The Balaban J connectivity index is 1.61. The molecule has 146 valence electrons. The van der Waals surface area contributed by atoms with Crippen molar-refractivity contribution < 1.29 is 19.1 Å². The van der Waals surface area contributed by atoms with Crippen molar-refractivity contribution in [1.29, 1.82) is 0 Å². The van der Waals surface area contributed by atoms with Crippen LogP contribution in [0, 0.1) is 5.92 Å². The van der Waals surface area contributed by atoms with Gasteiger partial charge in [-0.15, -0.1) is 0 Å². The van der Waals surface area contributed by atoms with Crippen LogP contribution in [-0.2, 0) is 17.6 Å². The van der Waals surface area contributed by atoms with Crippen LogP contribution < -0.4 is 0 Å². The van der Waals surface area contributed by atoms with Crippen LogP contribution in [0.2, 0.25) is 0 Å². The molecule has 0 radical (unpaired) electrons. The number of aliphatic hydroxyl groups is 1. The number of amides is 1. The average molecular weight is 371 g/mol. The summed E-state index contributed by atoms with van der Waals surface area (Å²) in [5.74, 6) is 1.32. The topological polar surface area (TPSA) is 62.9 Å². The van der Waals surface area contributed by atoms with Gasteiger partial charge in [-0.3, -0.25) is 0 Å². The van der Waals surface area contributed by atoms with Crippen LogP contribution in [0.15, 0.2) is 46.9 Å². The largest absolute Gasteiger partial charge is 0.463 e. The van der Waals surface area contributed by atoms with Gasteiger partial charge in [0.1, 0.15) is 24.2 Å². The molecule has 1 aromatic heterocycles. The number of furan rings is 1. The molecule has 1 N–H and O–H groups in total. The van der Waals surface area contributed by atoms with E-state index in [1.54, 1.807) is 4.90 Å². The number of ether oxygens (including phenoxy) is 1. The van der Waals surface area contributed by atoms with E-state index < -0.39 is 6.10 Å². The van der Waals surface area contributed by atoms with Crippen LogP contribution in [-0.4, -0.2) is 35.3 Å². The van der Waals surface area contributed by atoms with Crippen LogP contribution in [0.25, 0.3) is 0 Å². The van der Waals surface area contributed by atoms with Crippen molar-refractivity contribution in [1.82, 2.24) is 4.90 Å². The Labute approximate surface area is 160 Å². The monoisotopic (exact) mass is 371 g/mol. The lowest BCUT2D eigenvalue weighted by atomic mass is 10.00. The summed E-state index contributed by atoms with van der Waals surface area (Å²) < 4.78 is 11.1. The average Bonchev–Trinajstić information content (AvgIpc) is 3.28. The highest BCUT2D eigenvalue weighted by atomic mass is 16.6. The molecule has 1 saturated heterocycles. The fourth-order valence-corrected chi connectivity index (χ4v) is 3.50. The summed E-state index contributed by atoms with van der Waals surface area (Å²) in [7, 11) is 0. The predicted octanol–water partition coefficient (Wildman–Crippen LogP) is 4.36. The second-order valence-electron chi connectivity index (χ2n) is 7.40. The van der Waals surface area contributed by atoms with Crippen molar-refractivity contribution in [2.45, 2.75) is 51.7 Å². The molecule has 3 rings (SSSR count). The van der Waals surface area contributed by atoms with E-state index >= 15 is 0 Å². The Morgan fingerprint density at radius 2 is 2.00 bits per heavy atom. The van der Waals surface area contributed by atoms with Crippen LogP contribution in [0.4, 0.5) is 4.79 Å². The number of unbranched alkanes of at least 4 members (excludes halogenated alkanes) is 1.